The van der Waals surface area contributed by atoms with E-state index >= 15 is 0 Å². The van der Waals surface area contributed by atoms with Crippen LogP contribution in [0.25, 0.3) is 0 Å². The fourth-order valence-electron chi connectivity index (χ4n) is 1.49. The molecule has 1 aromatic rings. The number of hydrogen-bond donors (Lipinski definition) is 1. The summed E-state index contributed by atoms with van der Waals surface area (Å²) in [7, 11) is 0. The van der Waals surface area contributed by atoms with Gasteiger partial charge in [-0.3, -0.25) is 0 Å². The van der Waals surface area contributed by atoms with Crippen LogP contribution in [0.3, 0.4) is 0 Å². The van der Waals surface area contributed by atoms with E-state index in [0.717, 1.165) is 19.6 Å². The van der Waals surface area contributed by atoms with Crippen molar-refractivity contribution >= 4 is 0 Å². The Bertz CT molecular complexity index is 281. The van der Waals surface area contributed by atoms with Gasteiger partial charge in [0.2, 0.25) is 0 Å². The van der Waals surface area contributed by atoms with Crippen LogP contribution in [0.2, 0.25) is 0 Å². The maximum absolute atomic E-state index is 3.48. The van der Waals surface area contributed by atoms with Crippen LogP contribution in [0.5, 0.6) is 0 Å². The molecule has 0 unspecified atom stereocenters. The monoisotopic (exact) mass is 208 g/mol. The molecule has 0 saturated carbocycles. The molecule has 0 aromatic carbocycles. The van der Waals surface area contributed by atoms with Crippen LogP contribution in [0.4, 0.5) is 0 Å². The standard InChI is InChI=1S/C13H24N2/c1-5-15-9-6-12(11-15)10-14-8-7-13(2,3)4/h6,9,11,14H,5,7-8,10H2,1-4H3. The first-order valence-corrected chi connectivity index (χ1v) is 5.86. The van der Waals surface area contributed by atoms with Gasteiger partial charge in [-0.1, -0.05) is 20.8 Å². The van der Waals surface area contributed by atoms with Gasteiger partial charge in [0.25, 0.3) is 0 Å². The van der Waals surface area contributed by atoms with Crippen molar-refractivity contribution < 1.29 is 0 Å². The van der Waals surface area contributed by atoms with Crippen molar-refractivity contribution in [1.29, 1.82) is 0 Å². The van der Waals surface area contributed by atoms with E-state index < -0.39 is 0 Å². The van der Waals surface area contributed by atoms with Crippen LogP contribution < -0.4 is 5.32 Å². The van der Waals surface area contributed by atoms with E-state index in [1.807, 2.05) is 0 Å². The normalized spacial score (nSPS) is 12.0. The Hall–Kier alpha value is -0.760. The fourth-order valence-corrected chi connectivity index (χ4v) is 1.49. The lowest BCUT2D eigenvalue weighted by atomic mass is 9.92. The Kier molecular flexibility index (Phi) is 4.40. The topological polar surface area (TPSA) is 17.0 Å². The van der Waals surface area contributed by atoms with Crippen LogP contribution in [0, 0.1) is 5.41 Å². The molecule has 0 fully saturated rings. The highest BCUT2D eigenvalue weighted by molar-refractivity contribution is 5.09. The molecule has 1 rings (SSSR count). The van der Waals surface area contributed by atoms with Gasteiger partial charge in [-0.25, -0.2) is 0 Å². The highest BCUT2D eigenvalue weighted by atomic mass is 14.9. The molecule has 0 bridgehead atoms. The second kappa shape index (κ2) is 5.36. The lowest BCUT2D eigenvalue weighted by Crippen LogP contribution is -2.19. The first-order valence-electron chi connectivity index (χ1n) is 5.86. The Morgan fingerprint density at radius 1 is 1.33 bits per heavy atom. The molecule has 0 aliphatic rings. The van der Waals surface area contributed by atoms with Gasteiger partial charge in [0.05, 0.1) is 0 Å². The maximum atomic E-state index is 3.48. The minimum absolute atomic E-state index is 0.433. The zero-order valence-corrected chi connectivity index (χ0v) is 10.5. The van der Waals surface area contributed by atoms with Gasteiger partial charge >= 0.3 is 0 Å². The Balaban J connectivity index is 2.20. The number of aromatic nitrogens is 1. The smallest absolute Gasteiger partial charge is 0.0220 e. The quantitative estimate of drug-likeness (QED) is 0.736. The largest absolute Gasteiger partial charge is 0.354 e. The summed E-state index contributed by atoms with van der Waals surface area (Å²) in [5.41, 5.74) is 1.81. The zero-order chi connectivity index (χ0) is 11.3. The van der Waals surface area contributed by atoms with Crippen molar-refractivity contribution in [1.82, 2.24) is 9.88 Å². The molecule has 1 aromatic heterocycles. The van der Waals surface area contributed by atoms with Gasteiger partial charge in [0.15, 0.2) is 0 Å². The molecule has 0 aliphatic heterocycles. The van der Waals surface area contributed by atoms with Crippen molar-refractivity contribution in [2.75, 3.05) is 6.54 Å². The van der Waals surface area contributed by atoms with Gasteiger partial charge in [-0.15, -0.1) is 0 Å². The molecule has 0 atom stereocenters. The number of aryl methyl sites for hydroxylation is 1. The molecule has 0 saturated heterocycles. The Morgan fingerprint density at radius 2 is 2.07 bits per heavy atom. The third-order valence-corrected chi connectivity index (χ3v) is 2.56. The second-order valence-electron chi connectivity index (χ2n) is 5.34. The van der Waals surface area contributed by atoms with Crippen LogP contribution in [0.1, 0.15) is 39.7 Å². The first kappa shape index (κ1) is 12.3. The average molecular weight is 208 g/mol. The molecule has 0 aliphatic carbocycles. The highest BCUT2D eigenvalue weighted by Crippen LogP contribution is 2.17. The van der Waals surface area contributed by atoms with Crippen molar-refractivity contribution in [3.63, 3.8) is 0 Å². The van der Waals surface area contributed by atoms with Gasteiger partial charge < -0.3 is 9.88 Å². The van der Waals surface area contributed by atoms with Gasteiger partial charge in [-0.2, -0.15) is 0 Å². The summed E-state index contributed by atoms with van der Waals surface area (Å²) in [4.78, 5) is 0. The van der Waals surface area contributed by atoms with Crippen LogP contribution >= 0.6 is 0 Å². The van der Waals surface area contributed by atoms with E-state index in [-0.39, 0.29) is 0 Å². The van der Waals surface area contributed by atoms with E-state index in [1.54, 1.807) is 0 Å². The number of nitrogens with zero attached hydrogens (tertiary/aromatic N) is 1. The first-order chi connectivity index (χ1) is 7.01. The van der Waals surface area contributed by atoms with Gasteiger partial charge in [-0.05, 0) is 36.9 Å². The molecule has 0 radical (unpaired) electrons. The van der Waals surface area contributed by atoms with Crippen LogP contribution in [-0.2, 0) is 13.1 Å². The van der Waals surface area contributed by atoms with E-state index in [9.17, 15) is 0 Å². The molecule has 0 amide bonds. The van der Waals surface area contributed by atoms with E-state index in [1.165, 1.54) is 12.0 Å². The van der Waals surface area contributed by atoms with Gasteiger partial charge in [0, 0.05) is 25.5 Å². The number of hydrogen-bond acceptors (Lipinski definition) is 1. The summed E-state index contributed by atoms with van der Waals surface area (Å²) in [5.74, 6) is 0. The zero-order valence-electron chi connectivity index (χ0n) is 10.5. The predicted octanol–water partition coefficient (Wildman–Crippen LogP) is 3.03. The summed E-state index contributed by atoms with van der Waals surface area (Å²) in [6, 6.07) is 2.19. The molecule has 2 nitrogen and oxygen atoms in total. The minimum atomic E-state index is 0.433. The molecule has 86 valence electrons. The Morgan fingerprint density at radius 3 is 2.60 bits per heavy atom. The molecule has 1 N–H and O–H groups in total. The van der Waals surface area contributed by atoms with Crippen molar-refractivity contribution in [2.45, 2.75) is 47.2 Å². The highest BCUT2D eigenvalue weighted by Gasteiger charge is 2.08. The second-order valence-corrected chi connectivity index (χ2v) is 5.34. The van der Waals surface area contributed by atoms with E-state index in [0.29, 0.717) is 5.41 Å². The fraction of sp³-hybridized carbons (Fsp3) is 0.692. The SMILES string of the molecule is CCn1ccc(CNCCC(C)(C)C)c1. The average Bonchev–Trinajstić information content (AvgIpc) is 2.59. The molecule has 15 heavy (non-hydrogen) atoms. The third kappa shape index (κ3) is 5.03. The summed E-state index contributed by atoms with van der Waals surface area (Å²) < 4.78 is 2.21. The van der Waals surface area contributed by atoms with Crippen molar-refractivity contribution in [2.24, 2.45) is 5.41 Å². The van der Waals surface area contributed by atoms with Crippen LogP contribution in [0.15, 0.2) is 18.5 Å². The maximum Gasteiger partial charge on any atom is 0.0220 e. The van der Waals surface area contributed by atoms with Crippen LogP contribution in [-0.4, -0.2) is 11.1 Å². The van der Waals surface area contributed by atoms with Crippen molar-refractivity contribution in [3.8, 4) is 0 Å². The number of rotatable bonds is 5. The van der Waals surface area contributed by atoms with E-state index in [4.69, 9.17) is 0 Å². The molecular formula is C13H24N2. The molecule has 1 heterocycles. The predicted molar refractivity (Wildman–Crippen MR) is 65.9 cm³/mol. The summed E-state index contributed by atoms with van der Waals surface area (Å²) in [5, 5.41) is 3.48. The van der Waals surface area contributed by atoms with E-state index in [2.05, 4.69) is 56.0 Å². The minimum Gasteiger partial charge on any atom is -0.354 e. The molecule has 2 heteroatoms. The lowest BCUT2D eigenvalue weighted by Gasteiger charge is -2.17. The van der Waals surface area contributed by atoms with Gasteiger partial charge in [0.1, 0.15) is 0 Å². The lowest BCUT2D eigenvalue weighted by molar-refractivity contribution is 0.366. The number of nitrogens with one attached hydrogen (secondary N) is 1. The summed E-state index contributed by atoms with van der Waals surface area (Å²) >= 11 is 0. The third-order valence-electron chi connectivity index (χ3n) is 2.56. The van der Waals surface area contributed by atoms with Crippen molar-refractivity contribution in [3.05, 3.63) is 24.0 Å². The summed E-state index contributed by atoms with van der Waals surface area (Å²) in [6.45, 7) is 12.1. The Labute approximate surface area is 93.7 Å². The molecule has 0 spiro atoms. The summed E-state index contributed by atoms with van der Waals surface area (Å²) in [6.07, 6.45) is 5.58. The molecular weight excluding hydrogens is 184 g/mol.